The first-order valence-corrected chi connectivity index (χ1v) is 7.64. The molecule has 1 aromatic carbocycles. The van der Waals surface area contributed by atoms with Gasteiger partial charge in [-0.05, 0) is 0 Å². The normalized spacial score (nSPS) is 11.2. The number of anilines is 1. The Labute approximate surface area is 151 Å². The lowest BCUT2D eigenvalue weighted by molar-refractivity contribution is -0.147. The Balaban J connectivity index is 1.97. The first-order valence-electron chi connectivity index (χ1n) is 7.64. The van der Waals surface area contributed by atoms with Crippen LogP contribution in [0.15, 0.2) is 23.0 Å². The standard InChI is InChI=1S/C15H18F3N5O4/c1-22-12(15(16,17)18)21-23(14(22)25)5-4-19-13(24)20-9-6-10(26-2)8-11(7-9)27-3/h6-8H,4-5H2,1-3H3,(H2,19,20,24). The Morgan fingerprint density at radius 1 is 1.19 bits per heavy atom. The lowest BCUT2D eigenvalue weighted by Crippen LogP contribution is -2.34. The Kier molecular flexibility index (Phi) is 5.98. The van der Waals surface area contributed by atoms with Crippen molar-refractivity contribution in [3.05, 3.63) is 34.5 Å². The van der Waals surface area contributed by atoms with Crippen LogP contribution in [0.2, 0.25) is 0 Å². The van der Waals surface area contributed by atoms with Gasteiger partial charge in [-0.3, -0.25) is 4.57 Å². The monoisotopic (exact) mass is 389 g/mol. The molecule has 2 N–H and O–H groups in total. The van der Waals surface area contributed by atoms with Crippen LogP contribution < -0.4 is 25.8 Å². The van der Waals surface area contributed by atoms with E-state index >= 15 is 0 Å². The molecule has 27 heavy (non-hydrogen) atoms. The average Bonchev–Trinajstić information content (AvgIpc) is 2.90. The van der Waals surface area contributed by atoms with Gasteiger partial charge in [-0.2, -0.15) is 13.2 Å². The molecule has 0 spiro atoms. The van der Waals surface area contributed by atoms with Crippen LogP contribution in [0.25, 0.3) is 0 Å². The molecule has 0 saturated heterocycles. The zero-order chi connectivity index (χ0) is 20.2. The maximum Gasteiger partial charge on any atom is 0.451 e. The van der Waals surface area contributed by atoms with E-state index in [9.17, 15) is 22.8 Å². The fraction of sp³-hybridized carbons (Fsp3) is 0.400. The maximum absolute atomic E-state index is 12.7. The Hall–Kier alpha value is -3.18. The molecule has 2 rings (SSSR count). The molecule has 0 aliphatic carbocycles. The van der Waals surface area contributed by atoms with Gasteiger partial charge in [-0.1, -0.05) is 0 Å². The van der Waals surface area contributed by atoms with Crippen LogP contribution in [-0.4, -0.2) is 41.1 Å². The number of nitrogens with one attached hydrogen (secondary N) is 2. The smallest absolute Gasteiger partial charge is 0.451 e. The number of aromatic nitrogens is 3. The zero-order valence-electron chi connectivity index (χ0n) is 14.8. The first-order chi connectivity index (χ1) is 12.7. The summed E-state index contributed by atoms with van der Waals surface area (Å²) < 4.78 is 49.4. The molecule has 0 saturated carbocycles. The fourth-order valence-corrected chi connectivity index (χ4v) is 2.21. The minimum absolute atomic E-state index is 0.110. The molecule has 0 atom stereocenters. The summed E-state index contributed by atoms with van der Waals surface area (Å²) in [5.41, 5.74) is -0.542. The lowest BCUT2D eigenvalue weighted by atomic mass is 10.3. The van der Waals surface area contributed by atoms with Crippen molar-refractivity contribution in [1.29, 1.82) is 0 Å². The Bertz CT molecular complexity index is 853. The van der Waals surface area contributed by atoms with Crippen LogP contribution in [0, 0.1) is 0 Å². The number of halogens is 3. The second kappa shape index (κ2) is 8.01. The number of alkyl halides is 3. The third-order valence-electron chi connectivity index (χ3n) is 3.51. The molecule has 1 aromatic heterocycles. The van der Waals surface area contributed by atoms with Crippen molar-refractivity contribution in [2.75, 3.05) is 26.1 Å². The van der Waals surface area contributed by atoms with Crippen molar-refractivity contribution in [2.45, 2.75) is 12.7 Å². The predicted molar refractivity (Wildman–Crippen MR) is 89.0 cm³/mol. The van der Waals surface area contributed by atoms with Crippen LogP contribution >= 0.6 is 0 Å². The van der Waals surface area contributed by atoms with Crippen molar-refractivity contribution in [1.82, 2.24) is 19.7 Å². The summed E-state index contributed by atoms with van der Waals surface area (Å²) in [6.45, 7) is -0.335. The second-order valence-electron chi connectivity index (χ2n) is 5.37. The van der Waals surface area contributed by atoms with Gasteiger partial charge in [0.1, 0.15) is 11.5 Å². The first kappa shape index (κ1) is 20.1. The topological polar surface area (TPSA) is 99.4 Å². The highest BCUT2D eigenvalue weighted by atomic mass is 19.4. The fourth-order valence-electron chi connectivity index (χ4n) is 2.21. The van der Waals surface area contributed by atoms with Gasteiger partial charge in [0.05, 0.1) is 20.8 Å². The van der Waals surface area contributed by atoms with E-state index in [1.807, 2.05) is 0 Å². The molecule has 9 nitrogen and oxygen atoms in total. The van der Waals surface area contributed by atoms with E-state index in [2.05, 4.69) is 15.7 Å². The summed E-state index contributed by atoms with van der Waals surface area (Å²) in [6, 6.07) is 4.11. The minimum Gasteiger partial charge on any atom is -0.497 e. The summed E-state index contributed by atoms with van der Waals surface area (Å²) in [4.78, 5) is 23.7. The zero-order valence-corrected chi connectivity index (χ0v) is 14.8. The Morgan fingerprint density at radius 3 is 2.26 bits per heavy atom. The molecule has 0 radical (unpaired) electrons. The molecule has 0 aliphatic rings. The van der Waals surface area contributed by atoms with E-state index in [4.69, 9.17) is 9.47 Å². The lowest BCUT2D eigenvalue weighted by Gasteiger charge is -2.10. The van der Waals surface area contributed by atoms with Gasteiger partial charge in [0.2, 0.25) is 5.82 Å². The number of ether oxygens (including phenoxy) is 2. The molecular weight excluding hydrogens is 371 g/mol. The van der Waals surface area contributed by atoms with Crippen molar-refractivity contribution in [3.63, 3.8) is 0 Å². The van der Waals surface area contributed by atoms with E-state index in [1.165, 1.54) is 14.2 Å². The van der Waals surface area contributed by atoms with Crippen LogP contribution in [0.1, 0.15) is 5.82 Å². The number of rotatable bonds is 6. The highest BCUT2D eigenvalue weighted by molar-refractivity contribution is 5.89. The molecule has 148 valence electrons. The van der Waals surface area contributed by atoms with Gasteiger partial charge in [-0.25, -0.2) is 14.3 Å². The number of hydrogen-bond donors (Lipinski definition) is 2. The van der Waals surface area contributed by atoms with Gasteiger partial charge in [0.15, 0.2) is 0 Å². The summed E-state index contributed by atoms with van der Waals surface area (Å²) >= 11 is 0. The van der Waals surface area contributed by atoms with Gasteiger partial charge in [-0.15, -0.1) is 5.10 Å². The highest BCUT2D eigenvalue weighted by Crippen LogP contribution is 2.26. The number of hydrogen-bond acceptors (Lipinski definition) is 5. The predicted octanol–water partition coefficient (Wildman–Crippen LogP) is 1.44. The summed E-state index contributed by atoms with van der Waals surface area (Å²) in [6.07, 6.45) is -4.74. The number of urea groups is 1. The van der Waals surface area contributed by atoms with E-state index < -0.39 is 23.7 Å². The molecule has 0 unspecified atom stereocenters. The quantitative estimate of drug-likeness (QED) is 0.779. The van der Waals surface area contributed by atoms with Crippen LogP contribution in [0.4, 0.5) is 23.7 Å². The van der Waals surface area contributed by atoms with Gasteiger partial charge in [0, 0.05) is 37.5 Å². The number of benzene rings is 1. The number of amides is 2. The molecule has 12 heteroatoms. The largest absolute Gasteiger partial charge is 0.497 e. The van der Waals surface area contributed by atoms with E-state index in [0.717, 1.165) is 7.05 Å². The summed E-state index contributed by atoms with van der Waals surface area (Å²) in [5, 5.41) is 8.20. The van der Waals surface area contributed by atoms with Crippen LogP contribution in [0.3, 0.4) is 0 Å². The van der Waals surface area contributed by atoms with Crippen molar-refractivity contribution in [3.8, 4) is 11.5 Å². The Morgan fingerprint density at radius 2 is 1.78 bits per heavy atom. The van der Waals surface area contributed by atoms with Crippen molar-refractivity contribution in [2.24, 2.45) is 7.05 Å². The average molecular weight is 389 g/mol. The number of carbonyl (C=O) groups is 1. The SMILES string of the molecule is COc1cc(NC(=O)NCCn2nc(C(F)(F)F)n(C)c2=O)cc(OC)c1. The van der Waals surface area contributed by atoms with Crippen molar-refractivity contribution < 1.29 is 27.4 Å². The molecule has 0 bridgehead atoms. The number of methoxy groups -OCH3 is 2. The number of nitrogens with zero attached hydrogens (tertiary/aromatic N) is 3. The molecule has 2 amide bonds. The van der Waals surface area contributed by atoms with E-state index in [-0.39, 0.29) is 13.1 Å². The summed E-state index contributed by atoms with van der Waals surface area (Å²) in [7, 11) is 3.89. The minimum atomic E-state index is -4.74. The van der Waals surface area contributed by atoms with Gasteiger partial charge in [0.25, 0.3) is 0 Å². The third-order valence-corrected chi connectivity index (χ3v) is 3.51. The molecule has 0 aliphatic heterocycles. The van der Waals surface area contributed by atoms with Crippen LogP contribution in [0.5, 0.6) is 11.5 Å². The molecule has 2 aromatic rings. The van der Waals surface area contributed by atoms with Gasteiger partial charge < -0.3 is 20.1 Å². The highest BCUT2D eigenvalue weighted by Gasteiger charge is 2.37. The molecular formula is C15H18F3N5O4. The van der Waals surface area contributed by atoms with Crippen LogP contribution in [-0.2, 0) is 19.8 Å². The van der Waals surface area contributed by atoms with Crippen molar-refractivity contribution >= 4 is 11.7 Å². The molecule has 0 fully saturated rings. The molecule has 1 heterocycles. The maximum atomic E-state index is 12.7. The second-order valence-corrected chi connectivity index (χ2v) is 5.37. The van der Waals surface area contributed by atoms with E-state index in [1.54, 1.807) is 18.2 Å². The third kappa shape index (κ3) is 4.92. The summed E-state index contributed by atoms with van der Waals surface area (Å²) in [5.74, 6) is -0.380. The van der Waals surface area contributed by atoms with E-state index in [0.29, 0.717) is 26.4 Å². The number of carbonyl (C=O) groups excluding carboxylic acids is 1. The van der Waals surface area contributed by atoms with Gasteiger partial charge >= 0.3 is 17.9 Å².